The van der Waals surface area contributed by atoms with Crippen LogP contribution in [0.4, 0.5) is 23.4 Å². The maximum atomic E-state index is 14.1. The standard InChI is InChI=1S/C18H17F4N5/c19-13-9-14-15(8-12(13)18(20,21)22)27-5-3-23-16(27)17(24-14)26-7-6-25-4-1-2-11(25)10-26/h3,5,8-9,11H,1-2,4,6-7,10H2. The molecule has 27 heavy (non-hydrogen) atoms. The molecule has 2 fully saturated rings. The predicted octanol–water partition coefficient (Wildman–Crippen LogP) is 3.32. The van der Waals surface area contributed by atoms with E-state index in [1.165, 1.54) is 12.6 Å². The Labute approximate surface area is 152 Å². The molecule has 0 aliphatic carbocycles. The summed E-state index contributed by atoms with van der Waals surface area (Å²) in [5.41, 5.74) is -0.415. The fraction of sp³-hybridized carbons (Fsp3) is 0.444. The summed E-state index contributed by atoms with van der Waals surface area (Å²) in [6, 6.07) is 2.13. The molecular weight excluding hydrogens is 362 g/mol. The van der Waals surface area contributed by atoms with Gasteiger partial charge in [-0.15, -0.1) is 0 Å². The van der Waals surface area contributed by atoms with E-state index in [1.807, 2.05) is 0 Å². The van der Waals surface area contributed by atoms with Gasteiger partial charge in [-0.1, -0.05) is 0 Å². The molecule has 0 amide bonds. The summed E-state index contributed by atoms with van der Waals surface area (Å²) < 4.78 is 54.9. The summed E-state index contributed by atoms with van der Waals surface area (Å²) in [6.07, 6.45) is 0.657. The summed E-state index contributed by atoms with van der Waals surface area (Å²) in [5, 5.41) is 0. The Morgan fingerprint density at radius 1 is 1.11 bits per heavy atom. The number of aromatic nitrogens is 3. The van der Waals surface area contributed by atoms with E-state index in [2.05, 4.69) is 19.8 Å². The Bertz CT molecular complexity index is 1030. The van der Waals surface area contributed by atoms with Crippen molar-refractivity contribution in [3.63, 3.8) is 0 Å². The van der Waals surface area contributed by atoms with E-state index >= 15 is 0 Å². The van der Waals surface area contributed by atoms with Gasteiger partial charge >= 0.3 is 6.18 Å². The SMILES string of the molecule is Fc1cc2nc(N3CCN4CCCC4C3)c3nccn3c2cc1C(F)(F)F. The number of imidazole rings is 1. The van der Waals surface area contributed by atoms with Crippen LogP contribution in [-0.2, 0) is 6.18 Å². The van der Waals surface area contributed by atoms with Crippen molar-refractivity contribution >= 4 is 22.5 Å². The Kier molecular flexibility index (Phi) is 3.59. The molecule has 2 aromatic heterocycles. The molecule has 2 aliphatic rings. The molecule has 5 nitrogen and oxygen atoms in total. The normalized spacial score (nSPS) is 21.3. The van der Waals surface area contributed by atoms with E-state index in [9.17, 15) is 17.6 Å². The van der Waals surface area contributed by atoms with Crippen molar-refractivity contribution in [1.29, 1.82) is 0 Å². The molecule has 2 saturated heterocycles. The first kappa shape index (κ1) is 16.7. The monoisotopic (exact) mass is 379 g/mol. The lowest BCUT2D eigenvalue weighted by atomic mass is 10.1. The smallest absolute Gasteiger partial charge is 0.351 e. The van der Waals surface area contributed by atoms with Gasteiger partial charge in [0.1, 0.15) is 5.82 Å². The number of piperazine rings is 1. The van der Waals surface area contributed by atoms with E-state index in [1.54, 1.807) is 10.6 Å². The molecular formula is C18H17F4N5. The third-order valence-corrected chi connectivity index (χ3v) is 5.58. The second-order valence-corrected chi connectivity index (χ2v) is 7.15. The minimum atomic E-state index is -4.76. The van der Waals surface area contributed by atoms with Crippen molar-refractivity contribution in [1.82, 2.24) is 19.3 Å². The second kappa shape index (κ2) is 5.79. The highest BCUT2D eigenvalue weighted by Gasteiger charge is 2.36. The fourth-order valence-corrected chi connectivity index (χ4v) is 4.27. The molecule has 0 bridgehead atoms. The number of benzene rings is 1. The molecule has 1 unspecified atom stereocenters. The van der Waals surface area contributed by atoms with Gasteiger partial charge in [-0.25, -0.2) is 14.4 Å². The zero-order valence-corrected chi connectivity index (χ0v) is 14.4. The van der Waals surface area contributed by atoms with Crippen LogP contribution in [0.25, 0.3) is 16.7 Å². The third-order valence-electron chi connectivity index (χ3n) is 5.58. The lowest BCUT2D eigenvalue weighted by Gasteiger charge is -2.38. The van der Waals surface area contributed by atoms with Crippen LogP contribution in [0.1, 0.15) is 18.4 Å². The molecule has 9 heteroatoms. The zero-order chi connectivity index (χ0) is 18.8. The first-order valence-corrected chi connectivity index (χ1v) is 8.94. The average molecular weight is 379 g/mol. The minimum absolute atomic E-state index is 0.190. The number of fused-ring (bicyclic) bond motifs is 4. The van der Waals surface area contributed by atoms with Crippen molar-refractivity contribution in [2.45, 2.75) is 25.1 Å². The highest BCUT2D eigenvalue weighted by atomic mass is 19.4. The van der Waals surface area contributed by atoms with Crippen LogP contribution in [0, 0.1) is 5.82 Å². The van der Waals surface area contributed by atoms with Crippen LogP contribution in [0.2, 0.25) is 0 Å². The van der Waals surface area contributed by atoms with E-state index < -0.39 is 17.6 Å². The minimum Gasteiger partial charge on any atom is -0.351 e. The summed E-state index contributed by atoms with van der Waals surface area (Å²) in [7, 11) is 0. The van der Waals surface area contributed by atoms with Gasteiger partial charge in [0, 0.05) is 44.1 Å². The van der Waals surface area contributed by atoms with Crippen molar-refractivity contribution in [3.05, 3.63) is 35.9 Å². The van der Waals surface area contributed by atoms with Crippen LogP contribution >= 0.6 is 0 Å². The van der Waals surface area contributed by atoms with Crippen molar-refractivity contribution in [2.24, 2.45) is 0 Å². The van der Waals surface area contributed by atoms with Crippen LogP contribution in [0.3, 0.4) is 0 Å². The lowest BCUT2D eigenvalue weighted by Crippen LogP contribution is -2.50. The molecule has 5 rings (SSSR count). The number of rotatable bonds is 1. The molecule has 142 valence electrons. The van der Waals surface area contributed by atoms with Gasteiger partial charge in [0.05, 0.1) is 16.6 Å². The molecule has 1 aromatic carbocycles. The van der Waals surface area contributed by atoms with Gasteiger partial charge in [-0.2, -0.15) is 13.2 Å². The van der Waals surface area contributed by atoms with E-state index in [-0.39, 0.29) is 11.0 Å². The van der Waals surface area contributed by atoms with Crippen LogP contribution < -0.4 is 4.90 Å². The van der Waals surface area contributed by atoms with Crippen molar-refractivity contribution in [2.75, 3.05) is 31.1 Å². The van der Waals surface area contributed by atoms with E-state index in [0.717, 1.165) is 44.7 Å². The van der Waals surface area contributed by atoms with Gasteiger partial charge in [-0.05, 0) is 25.5 Å². The Balaban J connectivity index is 1.66. The summed E-state index contributed by atoms with van der Waals surface area (Å²) in [4.78, 5) is 13.4. The first-order chi connectivity index (χ1) is 12.9. The van der Waals surface area contributed by atoms with E-state index in [4.69, 9.17) is 0 Å². The zero-order valence-electron chi connectivity index (χ0n) is 14.4. The third kappa shape index (κ3) is 2.63. The largest absolute Gasteiger partial charge is 0.419 e. The molecule has 0 saturated carbocycles. The average Bonchev–Trinajstić information content (AvgIpc) is 3.28. The van der Waals surface area contributed by atoms with Crippen molar-refractivity contribution in [3.8, 4) is 0 Å². The molecule has 0 spiro atoms. The summed E-state index contributed by atoms with van der Waals surface area (Å²) >= 11 is 0. The Hall–Kier alpha value is -2.42. The summed E-state index contributed by atoms with van der Waals surface area (Å²) in [5.74, 6) is -0.716. The maximum Gasteiger partial charge on any atom is 0.419 e. The van der Waals surface area contributed by atoms with Gasteiger partial charge in [0.2, 0.25) is 0 Å². The first-order valence-electron chi connectivity index (χ1n) is 8.94. The number of nitrogens with zero attached hydrogens (tertiary/aromatic N) is 5. The maximum absolute atomic E-state index is 14.1. The molecule has 1 atom stereocenters. The van der Waals surface area contributed by atoms with Gasteiger partial charge in [-0.3, -0.25) is 9.30 Å². The highest BCUT2D eigenvalue weighted by Crippen LogP contribution is 2.35. The molecule has 2 aliphatic heterocycles. The quantitative estimate of drug-likeness (QED) is 0.608. The second-order valence-electron chi connectivity index (χ2n) is 7.15. The van der Waals surface area contributed by atoms with Gasteiger partial charge in [0.25, 0.3) is 0 Å². The van der Waals surface area contributed by atoms with Crippen LogP contribution in [0.5, 0.6) is 0 Å². The lowest BCUT2D eigenvalue weighted by molar-refractivity contribution is -0.139. The predicted molar refractivity (Wildman–Crippen MR) is 92.3 cm³/mol. The molecule has 3 aromatic rings. The highest BCUT2D eigenvalue weighted by molar-refractivity contribution is 5.84. The van der Waals surface area contributed by atoms with Crippen LogP contribution in [0.15, 0.2) is 24.5 Å². The molecule has 0 N–H and O–H groups in total. The van der Waals surface area contributed by atoms with E-state index in [0.29, 0.717) is 17.5 Å². The molecule has 0 radical (unpaired) electrons. The van der Waals surface area contributed by atoms with Gasteiger partial charge < -0.3 is 4.90 Å². The van der Waals surface area contributed by atoms with Gasteiger partial charge in [0.15, 0.2) is 11.5 Å². The number of halogens is 4. The van der Waals surface area contributed by atoms with Crippen molar-refractivity contribution < 1.29 is 17.6 Å². The topological polar surface area (TPSA) is 36.7 Å². The number of hydrogen-bond donors (Lipinski definition) is 0. The number of alkyl halides is 3. The molecule has 4 heterocycles. The summed E-state index contributed by atoms with van der Waals surface area (Å²) in [6.45, 7) is 3.58. The number of anilines is 1. The Morgan fingerprint density at radius 2 is 1.96 bits per heavy atom. The number of hydrogen-bond acceptors (Lipinski definition) is 4. The fourth-order valence-electron chi connectivity index (χ4n) is 4.27. The Morgan fingerprint density at radius 3 is 2.78 bits per heavy atom. The van der Waals surface area contributed by atoms with Crippen LogP contribution in [-0.4, -0.2) is 51.5 Å².